The van der Waals surface area contributed by atoms with Crippen LogP contribution in [0.2, 0.25) is 5.02 Å². The molecule has 2 N–H and O–H groups in total. The molecule has 2 rings (SSSR count). The zero-order chi connectivity index (χ0) is 14.0. The Balaban J connectivity index is 2.38. The predicted octanol–water partition coefficient (Wildman–Crippen LogP) is 4.37. The number of nitrogens with two attached hydrogens (primary N) is 1. The van der Waals surface area contributed by atoms with Crippen molar-refractivity contribution in [1.29, 1.82) is 0 Å². The summed E-state index contributed by atoms with van der Waals surface area (Å²) >= 11 is 9.25. The van der Waals surface area contributed by atoms with E-state index in [9.17, 15) is 0 Å². The Bertz CT molecular complexity index is 593. The number of hydrogen-bond acceptors (Lipinski definition) is 3. The second-order valence-electron chi connectivity index (χ2n) is 4.31. The van der Waals surface area contributed by atoms with Crippen LogP contribution in [-0.4, -0.2) is 4.98 Å². The van der Waals surface area contributed by atoms with Crippen molar-refractivity contribution in [2.45, 2.75) is 20.4 Å². The highest BCUT2D eigenvalue weighted by molar-refractivity contribution is 9.10. The third-order valence-electron chi connectivity index (χ3n) is 2.73. The number of nitrogens with zero attached hydrogens (tertiary/aromatic N) is 1. The first-order valence-electron chi connectivity index (χ1n) is 5.80. The van der Waals surface area contributed by atoms with Crippen LogP contribution in [0.1, 0.15) is 16.7 Å². The van der Waals surface area contributed by atoms with E-state index in [1.165, 1.54) is 0 Å². The number of aryl methyl sites for hydroxylation is 2. The largest absolute Gasteiger partial charge is 0.437 e. The number of rotatable bonds is 3. The molecule has 0 radical (unpaired) electrons. The van der Waals surface area contributed by atoms with Crippen LogP contribution in [0.4, 0.5) is 0 Å². The zero-order valence-corrected chi connectivity index (χ0v) is 13.0. The number of ether oxygens (including phenoxy) is 1. The van der Waals surface area contributed by atoms with Crippen LogP contribution >= 0.6 is 27.5 Å². The van der Waals surface area contributed by atoms with Gasteiger partial charge in [0, 0.05) is 12.7 Å². The Labute approximate surface area is 125 Å². The van der Waals surface area contributed by atoms with Gasteiger partial charge in [0.1, 0.15) is 5.75 Å². The van der Waals surface area contributed by atoms with E-state index in [0.717, 1.165) is 26.9 Å². The molecule has 0 atom stereocenters. The monoisotopic (exact) mass is 340 g/mol. The van der Waals surface area contributed by atoms with Crippen molar-refractivity contribution in [3.05, 3.63) is 50.6 Å². The molecule has 2 aromatic rings. The SMILES string of the molecule is Cc1cc(CN)cc(C)c1Oc1ncc(Cl)cc1Br. The molecule has 0 amide bonds. The molecule has 0 aliphatic rings. The van der Waals surface area contributed by atoms with Gasteiger partial charge in [0.15, 0.2) is 0 Å². The normalized spacial score (nSPS) is 10.6. The van der Waals surface area contributed by atoms with Gasteiger partial charge >= 0.3 is 0 Å². The van der Waals surface area contributed by atoms with E-state index in [-0.39, 0.29) is 0 Å². The molecule has 0 aliphatic carbocycles. The fourth-order valence-electron chi connectivity index (χ4n) is 1.89. The minimum Gasteiger partial charge on any atom is -0.437 e. The molecule has 1 heterocycles. The molecule has 0 spiro atoms. The van der Waals surface area contributed by atoms with E-state index in [0.29, 0.717) is 17.4 Å². The van der Waals surface area contributed by atoms with Crippen LogP contribution in [-0.2, 0) is 6.54 Å². The molecule has 0 unspecified atom stereocenters. The molecular weight excluding hydrogens is 328 g/mol. The fourth-order valence-corrected chi connectivity index (χ4v) is 2.61. The molecule has 0 aliphatic heterocycles. The van der Waals surface area contributed by atoms with Crippen LogP contribution in [0.5, 0.6) is 11.6 Å². The van der Waals surface area contributed by atoms with E-state index >= 15 is 0 Å². The summed E-state index contributed by atoms with van der Waals surface area (Å²) in [6, 6.07) is 5.79. The van der Waals surface area contributed by atoms with Crippen molar-refractivity contribution in [1.82, 2.24) is 4.98 Å². The quantitative estimate of drug-likeness (QED) is 0.902. The maximum atomic E-state index is 5.87. The van der Waals surface area contributed by atoms with Crippen molar-refractivity contribution >= 4 is 27.5 Å². The van der Waals surface area contributed by atoms with Crippen molar-refractivity contribution < 1.29 is 4.74 Å². The van der Waals surface area contributed by atoms with Crippen molar-refractivity contribution in [2.75, 3.05) is 0 Å². The summed E-state index contributed by atoms with van der Waals surface area (Å²) in [4.78, 5) is 4.17. The van der Waals surface area contributed by atoms with Crippen LogP contribution < -0.4 is 10.5 Å². The smallest absolute Gasteiger partial charge is 0.233 e. The third kappa shape index (κ3) is 3.26. The van der Waals surface area contributed by atoms with Gasteiger partial charge in [-0.25, -0.2) is 4.98 Å². The first-order chi connectivity index (χ1) is 9.01. The summed E-state index contributed by atoms with van der Waals surface area (Å²) in [6.07, 6.45) is 1.56. The highest BCUT2D eigenvalue weighted by atomic mass is 79.9. The van der Waals surface area contributed by atoms with Crippen molar-refractivity contribution in [3.63, 3.8) is 0 Å². The molecule has 5 heteroatoms. The molecule has 19 heavy (non-hydrogen) atoms. The first kappa shape index (κ1) is 14.3. The maximum Gasteiger partial charge on any atom is 0.233 e. The number of benzene rings is 1. The zero-order valence-electron chi connectivity index (χ0n) is 10.7. The van der Waals surface area contributed by atoms with E-state index < -0.39 is 0 Å². The molecule has 0 saturated heterocycles. The minimum atomic E-state index is 0.496. The number of pyridine rings is 1. The minimum absolute atomic E-state index is 0.496. The van der Waals surface area contributed by atoms with Crippen molar-refractivity contribution in [3.8, 4) is 11.6 Å². The summed E-state index contributed by atoms with van der Waals surface area (Å²) in [5.41, 5.74) is 8.81. The first-order valence-corrected chi connectivity index (χ1v) is 6.97. The van der Waals surface area contributed by atoms with Gasteiger partial charge < -0.3 is 10.5 Å². The molecule has 3 nitrogen and oxygen atoms in total. The fraction of sp³-hybridized carbons (Fsp3) is 0.214. The van der Waals surface area contributed by atoms with Crippen molar-refractivity contribution in [2.24, 2.45) is 5.73 Å². The van der Waals surface area contributed by atoms with Gasteiger partial charge in [-0.1, -0.05) is 23.7 Å². The molecule has 1 aromatic carbocycles. The van der Waals surface area contributed by atoms with E-state index in [2.05, 4.69) is 20.9 Å². The molecule has 0 bridgehead atoms. The summed E-state index contributed by atoms with van der Waals surface area (Å²) in [5.74, 6) is 1.30. The average molecular weight is 342 g/mol. The standard InChI is InChI=1S/C14H14BrClN2O/c1-8-3-10(6-17)4-9(2)13(8)19-14-12(15)5-11(16)7-18-14/h3-5,7H,6,17H2,1-2H3. The van der Waals surface area contributed by atoms with E-state index in [1.807, 2.05) is 26.0 Å². The second-order valence-corrected chi connectivity index (χ2v) is 5.60. The molecule has 0 saturated carbocycles. The number of aromatic nitrogens is 1. The summed E-state index contributed by atoms with van der Waals surface area (Å²) in [7, 11) is 0. The lowest BCUT2D eigenvalue weighted by Crippen LogP contribution is -2.00. The van der Waals surface area contributed by atoms with Crippen LogP contribution in [0.3, 0.4) is 0 Å². The van der Waals surface area contributed by atoms with Gasteiger partial charge in [-0.05, 0) is 52.5 Å². The van der Waals surface area contributed by atoms with Crippen LogP contribution in [0.25, 0.3) is 0 Å². The topological polar surface area (TPSA) is 48.1 Å². The van der Waals surface area contributed by atoms with Crippen LogP contribution in [0, 0.1) is 13.8 Å². The Hall–Kier alpha value is -1.10. The Morgan fingerprint density at radius 2 is 1.89 bits per heavy atom. The highest BCUT2D eigenvalue weighted by Crippen LogP contribution is 2.33. The lowest BCUT2D eigenvalue weighted by atomic mass is 10.1. The Morgan fingerprint density at radius 3 is 2.42 bits per heavy atom. The predicted molar refractivity (Wildman–Crippen MR) is 80.8 cm³/mol. The van der Waals surface area contributed by atoms with Gasteiger partial charge in [0.25, 0.3) is 0 Å². The molecule has 1 aromatic heterocycles. The van der Waals surface area contributed by atoms with Gasteiger partial charge in [0.05, 0.1) is 9.50 Å². The number of hydrogen-bond donors (Lipinski definition) is 1. The van der Waals surface area contributed by atoms with Gasteiger partial charge in [-0.15, -0.1) is 0 Å². The van der Waals surface area contributed by atoms with Gasteiger partial charge in [-0.2, -0.15) is 0 Å². The third-order valence-corrected chi connectivity index (χ3v) is 3.50. The summed E-state index contributed by atoms with van der Waals surface area (Å²) in [6.45, 7) is 4.50. The molecular formula is C14H14BrClN2O. The lowest BCUT2D eigenvalue weighted by molar-refractivity contribution is 0.452. The molecule has 0 fully saturated rings. The second kappa shape index (κ2) is 5.90. The summed E-state index contributed by atoms with van der Waals surface area (Å²) < 4.78 is 6.59. The maximum absolute atomic E-state index is 5.87. The van der Waals surface area contributed by atoms with Crippen LogP contribution in [0.15, 0.2) is 28.9 Å². The van der Waals surface area contributed by atoms with E-state index in [4.69, 9.17) is 22.1 Å². The number of halogens is 2. The molecule has 100 valence electrons. The lowest BCUT2D eigenvalue weighted by Gasteiger charge is -2.13. The van der Waals surface area contributed by atoms with Gasteiger partial charge in [-0.3, -0.25) is 0 Å². The Kier molecular flexibility index (Phi) is 4.45. The highest BCUT2D eigenvalue weighted by Gasteiger charge is 2.11. The van der Waals surface area contributed by atoms with E-state index in [1.54, 1.807) is 12.3 Å². The average Bonchev–Trinajstić information content (AvgIpc) is 2.35. The summed E-state index contributed by atoms with van der Waals surface area (Å²) in [5, 5.41) is 0.561. The Morgan fingerprint density at radius 1 is 1.26 bits per heavy atom. The van der Waals surface area contributed by atoms with Gasteiger partial charge in [0.2, 0.25) is 5.88 Å².